The molecule has 3 rings (SSSR count). The lowest BCUT2D eigenvalue weighted by Gasteiger charge is -2.30. The zero-order valence-electron chi connectivity index (χ0n) is 12.3. The van der Waals surface area contributed by atoms with E-state index >= 15 is 0 Å². The number of amides is 1. The number of fused-ring (bicyclic) bond motifs is 1. The van der Waals surface area contributed by atoms with Gasteiger partial charge in [0.05, 0.1) is 0 Å². The van der Waals surface area contributed by atoms with Crippen molar-refractivity contribution in [1.82, 2.24) is 4.98 Å². The van der Waals surface area contributed by atoms with Crippen LogP contribution < -0.4 is 10.6 Å². The summed E-state index contributed by atoms with van der Waals surface area (Å²) in [7, 11) is 0. The molecule has 0 fully saturated rings. The van der Waals surface area contributed by atoms with Crippen LogP contribution in [0.25, 0.3) is 0 Å². The molecule has 0 aliphatic carbocycles. The lowest BCUT2D eigenvalue weighted by Crippen LogP contribution is -2.36. The second kappa shape index (κ2) is 7.47. The first-order valence-electron chi connectivity index (χ1n) is 6.79. The molecule has 2 heterocycles. The standard InChI is InChI=1S/C16H17N3O.2ClH/c1-11-5-3-9-18-15(11)16(20)19-10-4-6-12-13(17)7-2-8-14(12)19;;/h2-3,5,7-9H,4,6,10,17H2,1H3;2*1H. The molecule has 0 saturated carbocycles. The second-order valence-electron chi connectivity index (χ2n) is 5.07. The molecule has 4 nitrogen and oxygen atoms in total. The van der Waals surface area contributed by atoms with Crippen molar-refractivity contribution in [2.75, 3.05) is 17.2 Å². The maximum atomic E-state index is 12.7. The van der Waals surface area contributed by atoms with Gasteiger partial charge in [-0.2, -0.15) is 0 Å². The van der Waals surface area contributed by atoms with Crippen LogP contribution in [0.3, 0.4) is 0 Å². The van der Waals surface area contributed by atoms with Crippen LogP contribution in [0.4, 0.5) is 11.4 Å². The third-order valence-electron chi connectivity index (χ3n) is 3.74. The molecule has 6 heteroatoms. The van der Waals surface area contributed by atoms with Crippen LogP contribution in [0.5, 0.6) is 0 Å². The smallest absolute Gasteiger partial charge is 0.277 e. The summed E-state index contributed by atoms with van der Waals surface area (Å²) in [5, 5.41) is 0. The van der Waals surface area contributed by atoms with E-state index in [1.54, 1.807) is 11.1 Å². The van der Waals surface area contributed by atoms with Gasteiger partial charge in [-0.25, -0.2) is 0 Å². The van der Waals surface area contributed by atoms with Crippen molar-refractivity contribution in [3.05, 3.63) is 53.3 Å². The Morgan fingerprint density at radius 3 is 2.73 bits per heavy atom. The lowest BCUT2D eigenvalue weighted by molar-refractivity contribution is 0.0979. The van der Waals surface area contributed by atoms with Gasteiger partial charge < -0.3 is 10.6 Å². The van der Waals surface area contributed by atoms with E-state index in [4.69, 9.17) is 5.73 Å². The van der Waals surface area contributed by atoms with E-state index in [0.29, 0.717) is 12.2 Å². The fraction of sp³-hybridized carbons (Fsp3) is 0.250. The molecule has 1 amide bonds. The van der Waals surface area contributed by atoms with Crippen LogP contribution in [0.2, 0.25) is 0 Å². The number of rotatable bonds is 1. The van der Waals surface area contributed by atoms with E-state index in [9.17, 15) is 4.79 Å². The summed E-state index contributed by atoms with van der Waals surface area (Å²) in [6.45, 7) is 2.62. The first-order chi connectivity index (χ1) is 9.68. The third-order valence-corrected chi connectivity index (χ3v) is 3.74. The van der Waals surface area contributed by atoms with E-state index in [1.807, 2.05) is 37.3 Å². The van der Waals surface area contributed by atoms with Crippen molar-refractivity contribution in [2.45, 2.75) is 19.8 Å². The minimum Gasteiger partial charge on any atom is -0.398 e. The molecular formula is C16H19Cl2N3O. The summed E-state index contributed by atoms with van der Waals surface area (Å²) in [6, 6.07) is 9.49. The van der Waals surface area contributed by atoms with Gasteiger partial charge in [0.15, 0.2) is 0 Å². The van der Waals surface area contributed by atoms with Gasteiger partial charge >= 0.3 is 0 Å². The third kappa shape index (κ3) is 3.18. The Kier molecular flexibility index (Phi) is 6.21. The number of aromatic nitrogens is 1. The fourth-order valence-electron chi connectivity index (χ4n) is 2.70. The van der Waals surface area contributed by atoms with Gasteiger partial charge in [0.2, 0.25) is 0 Å². The summed E-state index contributed by atoms with van der Waals surface area (Å²) in [6.07, 6.45) is 3.51. The molecule has 1 aromatic carbocycles. The second-order valence-corrected chi connectivity index (χ2v) is 5.07. The predicted molar refractivity (Wildman–Crippen MR) is 94.3 cm³/mol. The highest BCUT2D eigenvalue weighted by Crippen LogP contribution is 2.32. The van der Waals surface area contributed by atoms with E-state index in [1.165, 1.54) is 0 Å². The van der Waals surface area contributed by atoms with Crippen molar-refractivity contribution in [1.29, 1.82) is 0 Å². The molecule has 0 saturated heterocycles. The van der Waals surface area contributed by atoms with Crippen LogP contribution in [0, 0.1) is 6.92 Å². The van der Waals surface area contributed by atoms with Crippen molar-refractivity contribution in [3.63, 3.8) is 0 Å². The van der Waals surface area contributed by atoms with Gasteiger partial charge in [0, 0.05) is 24.1 Å². The van der Waals surface area contributed by atoms with E-state index in [0.717, 1.165) is 35.3 Å². The number of aryl methyl sites for hydroxylation is 1. The van der Waals surface area contributed by atoms with Crippen LogP contribution in [-0.2, 0) is 6.42 Å². The number of benzene rings is 1. The minimum atomic E-state index is -0.0466. The summed E-state index contributed by atoms with van der Waals surface area (Å²) in [5.41, 5.74) is 10.2. The monoisotopic (exact) mass is 339 g/mol. The normalized spacial score (nSPS) is 12.7. The first kappa shape index (κ1) is 18.3. The Labute approximate surface area is 142 Å². The molecule has 1 aliphatic heterocycles. The maximum Gasteiger partial charge on any atom is 0.277 e. The minimum absolute atomic E-state index is 0. The Hall–Kier alpha value is -1.78. The summed E-state index contributed by atoms with van der Waals surface area (Å²) >= 11 is 0. The Morgan fingerprint density at radius 2 is 2.00 bits per heavy atom. The predicted octanol–water partition coefficient (Wildman–Crippen LogP) is 3.41. The topological polar surface area (TPSA) is 59.2 Å². The van der Waals surface area contributed by atoms with Crippen LogP contribution in [0.15, 0.2) is 36.5 Å². The number of nitrogen functional groups attached to an aromatic ring is 1. The van der Waals surface area contributed by atoms with Gasteiger partial charge in [-0.1, -0.05) is 12.1 Å². The highest BCUT2D eigenvalue weighted by Gasteiger charge is 2.26. The number of nitrogens with zero attached hydrogens (tertiary/aromatic N) is 2. The SMILES string of the molecule is Cc1cccnc1C(=O)N1CCCc2c(N)cccc21.Cl.Cl. The van der Waals surface area contributed by atoms with E-state index in [2.05, 4.69) is 4.98 Å². The Balaban J connectivity index is 0.00000121. The number of hydrogen-bond acceptors (Lipinski definition) is 3. The summed E-state index contributed by atoms with van der Waals surface area (Å²) in [5.74, 6) is -0.0466. The van der Waals surface area contributed by atoms with E-state index < -0.39 is 0 Å². The average molecular weight is 340 g/mol. The zero-order valence-corrected chi connectivity index (χ0v) is 13.9. The number of carbonyl (C=O) groups excluding carboxylic acids is 1. The van der Waals surface area contributed by atoms with Gasteiger partial charge in [-0.05, 0) is 49.1 Å². The molecule has 1 aliphatic rings. The Morgan fingerprint density at radius 1 is 1.23 bits per heavy atom. The lowest BCUT2D eigenvalue weighted by atomic mass is 9.99. The maximum absolute atomic E-state index is 12.7. The molecule has 22 heavy (non-hydrogen) atoms. The number of pyridine rings is 1. The molecule has 0 bridgehead atoms. The van der Waals surface area contributed by atoms with Crippen molar-refractivity contribution in [3.8, 4) is 0 Å². The van der Waals surface area contributed by atoms with Crippen molar-refractivity contribution in [2.24, 2.45) is 0 Å². The fourth-order valence-corrected chi connectivity index (χ4v) is 2.70. The number of hydrogen-bond donors (Lipinski definition) is 1. The number of anilines is 2. The summed E-state index contributed by atoms with van der Waals surface area (Å²) in [4.78, 5) is 18.7. The quantitative estimate of drug-likeness (QED) is 0.810. The molecule has 0 spiro atoms. The molecule has 0 unspecified atom stereocenters. The van der Waals surface area contributed by atoms with Gasteiger partial charge in [-0.15, -0.1) is 24.8 Å². The van der Waals surface area contributed by atoms with Crippen LogP contribution >= 0.6 is 24.8 Å². The van der Waals surface area contributed by atoms with Crippen molar-refractivity contribution >= 4 is 42.1 Å². The van der Waals surface area contributed by atoms with Crippen LogP contribution in [-0.4, -0.2) is 17.4 Å². The number of carbonyl (C=O) groups is 1. The highest BCUT2D eigenvalue weighted by atomic mass is 35.5. The molecule has 2 N–H and O–H groups in total. The molecule has 118 valence electrons. The molecule has 2 aromatic rings. The van der Waals surface area contributed by atoms with Gasteiger partial charge in [-0.3, -0.25) is 9.78 Å². The molecule has 0 radical (unpaired) electrons. The average Bonchev–Trinajstić information content (AvgIpc) is 2.47. The largest absolute Gasteiger partial charge is 0.398 e. The Bertz CT molecular complexity index is 676. The summed E-state index contributed by atoms with van der Waals surface area (Å²) < 4.78 is 0. The molecular weight excluding hydrogens is 321 g/mol. The van der Waals surface area contributed by atoms with Crippen molar-refractivity contribution < 1.29 is 4.79 Å². The number of nitrogens with two attached hydrogens (primary N) is 1. The van der Waals surface area contributed by atoms with Gasteiger partial charge in [0.1, 0.15) is 5.69 Å². The first-order valence-corrected chi connectivity index (χ1v) is 6.79. The number of halogens is 2. The van der Waals surface area contributed by atoms with Crippen LogP contribution in [0.1, 0.15) is 28.0 Å². The van der Waals surface area contributed by atoms with E-state index in [-0.39, 0.29) is 30.7 Å². The molecule has 0 atom stereocenters. The highest BCUT2D eigenvalue weighted by molar-refractivity contribution is 6.06. The molecule has 1 aromatic heterocycles. The zero-order chi connectivity index (χ0) is 14.1. The van der Waals surface area contributed by atoms with Gasteiger partial charge in [0.25, 0.3) is 5.91 Å².